The van der Waals surface area contributed by atoms with Gasteiger partial charge in [0.25, 0.3) is 0 Å². The Bertz CT molecular complexity index is 1460. The normalized spacial score (nSPS) is 33.4. The topological polar surface area (TPSA) is 38.7 Å². The van der Waals surface area contributed by atoms with Crippen LogP contribution in [0.1, 0.15) is 159 Å². The van der Waals surface area contributed by atoms with Crippen LogP contribution >= 0.6 is 0 Å². The summed E-state index contributed by atoms with van der Waals surface area (Å²) in [5.74, 6) is 2.77. The van der Waals surface area contributed by atoms with Crippen molar-refractivity contribution >= 4 is 6.08 Å². The molecule has 0 aromatic heterocycles. The maximum absolute atomic E-state index is 11.2. The Hall–Kier alpha value is -2.26. The fourth-order valence-corrected chi connectivity index (χ4v) is 10.8. The summed E-state index contributed by atoms with van der Waals surface area (Å²) in [5, 5.41) is 11.2. The van der Waals surface area contributed by atoms with Crippen LogP contribution < -0.4 is 4.74 Å². The molecule has 2 aromatic carbocycles. The first-order valence-electron chi connectivity index (χ1n) is 17.5. The lowest BCUT2D eigenvalue weighted by Gasteiger charge is -2.58. The summed E-state index contributed by atoms with van der Waals surface area (Å²) < 4.78 is 14.0. The number of rotatable bonds is 5. The average Bonchev–Trinajstić information content (AvgIpc) is 2.92. The molecule has 1 N–H and O–H groups in total. The van der Waals surface area contributed by atoms with Gasteiger partial charge in [0.15, 0.2) is 0 Å². The fourth-order valence-electron chi connectivity index (χ4n) is 10.8. The van der Waals surface area contributed by atoms with Gasteiger partial charge in [0.05, 0.1) is 0 Å². The van der Waals surface area contributed by atoms with Crippen molar-refractivity contribution in [2.45, 2.75) is 143 Å². The smallest absolute Gasteiger partial charge is 0.133 e. The average molecular weight is 599 g/mol. The van der Waals surface area contributed by atoms with E-state index in [1.807, 2.05) is 7.11 Å². The van der Waals surface area contributed by atoms with E-state index in [0.717, 1.165) is 24.2 Å². The monoisotopic (exact) mass is 598 g/mol. The molecule has 0 heterocycles. The lowest BCUT2D eigenvalue weighted by Crippen LogP contribution is -2.58. The van der Waals surface area contributed by atoms with Crippen LogP contribution in [-0.4, -0.2) is 18.3 Å². The van der Waals surface area contributed by atoms with E-state index in [1.54, 1.807) is 0 Å². The lowest BCUT2D eigenvalue weighted by atomic mass is 9.48. The Balaban J connectivity index is 1.54. The van der Waals surface area contributed by atoms with Crippen molar-refractivity contribution in [3.05, 3.63) is 63.7 Å². The second-order valence-corrected chi connectivity index (χ2v) is 17.4. The van der Waals surface area contributed by atoms with Crippen molar-refractivity contribution in [3.8, 4) is 11.5 Å². The molecule has 0 amide bonds. The van der Waals surface area contributed by atoms with Crippen LogP contribution in [0, 0.1) is 22.7 Å². The third kappa shape index (κ3) is 4.69. The molecular formula is C41H58O3. The predicted molar refractivity (Wildman–Crippen MR) is 183 cm³/mol. The van der Waals surface area contributed by atoms with Crippen LogP contribution in [0.5, 0.6) is 11.5 Å². The van der Waals surface area contributed by atoms with E-state index < -0.39 is 0 Å². The van der Waals surface area contributed by atoms with E-state index in [9.17, 15) is 5.11 Å². The van der Waals surface area contributed by atoms with Gasteiger partial charge in [0, 0.05) is 13.0 Å². The maximum atomic E-state index is 11.2. The van der Waals surface area contributed by atoms with Crippen LogP contribution in [0.15, 0.2) is 30.3 Å². The van der Waals surface area contributed by atoms with Crippen molar-refractivity contribution in [3.63, 3.8) is 0 Å². The number of phenolic OH excluding ortho intramolecular Hbond substituents is 1. The number of hydrogen-bond acceptors (Lipinski definition) is 3. The van der Waals surface area contributed by atoms with E-state index in [2.05, 4.69) is 106 Å². The van der Waals surface area contributed by atoms with E-state index in [4.69, 9.17) is 9.47 Å². The molecule has 0 spiro atoms. The van der Waals surface area contributed by atoms with Crippen LogP contribution in [0.3, 0.4) is 0 Å². The fraction of sp³-hybridized carbons (Fsp3) is 0.659. The first-order chi connectivity index (χ1) is 20.5. The maximum Gasteiger partial charge on any atom is 0.133 e. The van der Waals surface area contributed by atoms with Gasteiger partial charge in [-0.1, -0.05) is 94.2 Å². The molecule has 44 heavy (non-hydrogen) atoms. The van der Waals surface area contributed by atoms with E-state index in [1.165, 1.54) is 53.5 Å². The SMILES string of the molecule is CO[C@H]1c2cc(C(C)C)c(O)cc2[C@@]2(C)CCCC(C)(C)[C@@H]2[C@H]1Oc1cc2c(cc1C(C)C)C=C[C@@H]1C(C)(C)CCC[C@@]21C. The van der Waals surface area contributed by atoms with Crippen molar-refractivity contribution in [1.29, 1.82) is 0 Å². The van der Waals surface area contributed by atoms with Crippen LogP contribution in [-0.2, 0) is 15.6 Å². The summed E-state index contributed by atoms with van der Waals surface area (Å²) in [6.45, 7) is 23.6. The number of benzene rings is 2. The Morgan fingerprint density at radius 3 is 2.02 bits per heavy atom. The van der Waals surface area contributed by atoms with Crippen molar-refractivity contribution in [2.75, 3.05) is 7.11 Å². The number of aromatic hydroxyl groups is 1. The molecule has 0 aliphatic heterocycles. The number of fused-ring (bicyclic) bond motifs is 6. The molecule has 4 aliphatic carbocycles. The summed E-state index contributed by atoms with van der Waals surface area (Å²) in [6.07, 6.45) is 11.7. The number of methoxy groups -OCH3 is 1. The first kappa shape index (κ1) is 31.7. The highest BCUT2D eigenvalue weighted by molar-refractivity contribution is 5.65. The Labute approximate surface area is 267 Å². The standard InChI is InChI=1S/C41H58O3/c1-24(2)27-21-29-31(22-32(27)42)41(10)19-13-17-39(7,8)37(41)36(35(29)43-11)44-33-23-30-26(20-28(33)25(3)4)14-15-34-38(5,6)16-12-18-40(30,34)9/h14-15,20-25,34-37,42H,12-13,16-19H2,1-11H3/t34-,35+,36+,37+,40+,41-/m1/s1. The zero-order valence-electron chi connectivity index (χ0n) is 29.4. The van der Waals surface area contributed by atoms with E-state index in [-0.39, 0.29) is 45.7 Å². The largest absolute Gasteiger partial charge is 0.508 e. The summed E-state index contributed by atoms with van der Waals surface area (Å²) in [7, 11) is 1.85. The molecule has 2 fully saturated rings. The predicted octanol–water partition coefficient (Wildman–Crippen LogP) is 11.0. The molecule has 0 unspecified atom stereocenters. The van der Waals surface area contributed by atoms with Crippen molar-refractivity contribution < 1.29 is 14.6 Å². The molecule has 0 radical (unpaired) electrons. The zero-order valence-corrected chi connectivity index (χ0v) is 29.4. The number of hydrogen-bond donors (Lipinski definition) is 1. The quantitative estimate of drug-likeness (QED) is 0.372. The molecule has 3 nitrogen and oxygen atoms in total. The van der Waals surface area contributed by atoms with Crippen LogP contribution in [0.25, 0.3) is 6.08 Å². The Morgan fingerprint density at radius 2 is 1.39 bits per heavy atom. The molecule has 0 bridgehead atoms. The van der Waals surface area contributed by atoms with Crippen molar-refractivity contribution in [2.24, 2.45) is 22.7 Å². The van der Waals surface area contributed by atoms with Gasteiger partial charge in [0.2, 0.25) is 0 Å². The zero-order chi connectivity index (χ0) is 32.0. The number of ether oxygens (including phenoxy) is 2. The number of allylic oxidation sites excluding steroid dienone is 1. The van der Waals surface area contributed by atoms with Crippen molar-refractivity contribution in [1.82, 2.24) is 0 Å². The molecule has 2 aromatic rings. The molecule has 240 valence electrons. The minimum Gasteiger partial charge on any atom is -0.508 e. The third-order valence-electron chi connectivity index (χ3n) is 12.9. The van der Waals surface area contributed by atoms with Gasteiger partial charge >= 0.3 is 0 Å². The van der Waals surface area contributed by atoms with Gasteiger partial charge in [0.1, 0.15) is 23.7 Å². The third-order valence-corrected chi connectivity index (χ3v) is 12.9. The molecule has 2 saturated carbocycles. The summed E-state index contributed by atoms with van der Waals surface area (Å²) in [5.41, 5.74) is 7.87. The molecular weight excluding hydrogens is 540 g/mol. The Morgan fingerprint density at radius 1 is 0.750 bits per heavy atom. The summed E-state index contributed by atoms with van der Waals surface area (Å²) >= 11 is 0. The van der Waals surface area contributed by atoms with Crippen LogP contribution in [0.4, 0.5) is 0 Å². The van der Waals surface area contributed by atoms with E-state index >= 15 is 0 Å². The van der Waals surface area contributed by atoms with Gasteiger partial charge in [-0.2, -0.15) is 0 Å². The van der Waals surface area contributed by atoms with Crippen LogP contribution in [0.2, 0.25) is 0 Å². The molecule has 0 saturated heterocycles. The van der Waals surface area contributed by atoms with Gasteiger partial charge in [-0.25, -0.2) is 0 Å². The Kier molecular flexibility index (Phi) is 7.67. The van der Waals surface area contributed by atoms with Gasteiger partial charge in [-0.05, 0) is 123 Å². The van der Waals surface area contributed by atoms with Gasteiger partial charge in [-0.3, -0.25) is 0 Å². The molecule has 3 heteroatoms. The summed E-state index contributed by atoms with van der Waals surface area (Å²) in [6, 6.07) is 9.21. The van der Waals surface area contributed by atoms with E-state index in [0.29, 0.717) is 17.6 Å². The van der Waals surface area contributed by atoms with Gasteiger partial charge < -0.3 is 14.6 Å². The number of phenols is 1. The highest BCUT2D eigenvalue weighted by atomic mass is 16.5. The molecule has 4 aliphatic rings. The molecule has 6 atom stereocenters. The highest BCUT2D eigenvalue weighted by Crippen LogP contribution is 2.62. The highest BCUT2D eigenvalue weighted by Gasteiger charge is 2.59. The first-order valence-corrected chi connectivity index (χ1v) is 17.5. The second kappa shape index (κ2) is 10.6. The second-order valence-electron chi connectivity index (χ2n) is 17.4. The molecule has 6 rings (SSSR count). The minimum atomic E-state index is -0.216. The summed E-state index contributed by atoms with van der Waals surface area (Å²) in [4.78, 5) is 0. The minimum absolute atomic E-state index is 0.0535. The lowest BCUT2D eigenvalue weighted by molar-refractivity contribution is -0.113. The van der Waals surface area contributed by atoms with Gasteiger partial charge in [-0.15, -0.1) is 0 Å².